The van der Waals surface area contributed by atoms with Crippen molar-refractivity contribution in [3.63, 3.8) is 0 Å². The van der Waals surface area contributed by atoms with E-state index >= 15 is 0 Å². The highest BCUT2D eigenvalue weighted by Gasteiger charge is 2.25. The maximum absolute atomic E-state index is 9.84. The van der Waals surface area contributed by atoms with Gasteiger partial charge in [-0.05, 0) is 32.7 Å². The van der Waals surface area contributed by atoms with Crippen LogP contribution in [0.3, 0.4) is 0 Å². The number of nitriles is 1. The summed E-state index contributed by atoms with van der Waals surface area (Å²) >= 11 is 0. The molecule has 0 aromatic carbocycles. The van der Waals surface area contributed by atoms with E-state index in [1.54, 1.807) is 0 Å². The first-order chi connectivity index (χ1) is 7.15. The fourth-order valence-corrected chi connectivity index (χ4v) is 2.24. The Balaban J connectivity index is 2.36. The third kappa shape index (κ3) is 3.81. The van der Waals surface area contributed by atoms with E-state index < -0.39 is 0 Å². The Bertz CT molecular complexity index is 224. The molecule has 3 unspecified atom stereocenters. The molecule has 1 saturated carbocycles. The molecular weight excluding hydrogens is 188 g/mol. The Morgan fingerprint density at radius 1 is 1.47 bits per heavy atom. The van der Waals surface area contributed by atoms with Crippen LogP contribution in [0.2, 0.25) is 0 Å². The van der Waals surface area contributed by atoms with Crippen LogP contribution >= 0.6 is 0 Å². The van der Waals surface area contributed by atoms with E-state index in [4.69, 9.17) is 5.26 Å². The van der Waals surface area contributed by atoms with Gasteiger partial charge in [0.2, 0.25) is 0 Å². The van der Waals surface area contributed by atoms with Crippen molar-refractivity contribution < 1.29 is 5.11 Å². The lowest BCUT2D eigenvalue weighted by atomic mass is 9.86. The number of aliphatic hydroxyl groups is 1. The molecule has 3 nitrogen and oxygen atoms in total. The molecule has 86 valence electrons. The van der Waals surface area contributed by atoms with Gasteiger partial charge in [-0.25, -0.2) is 0 Å². The highest BCUT2D eigenvalue weighted by molar-refractivity contribution is 4.82. The van der Waals surface area contributed by atoms with E-state index in [9.17, 15) is 5.11 Å². The number of rotatable bonds is 4. The number of aliphatic hydroxyl groups excluding tert-OH is 1. The van der Waals surface area contributed by atoms with E-state index in [0.717, 1.165) is 25.8 Å². The van der Waals surface area contributed by atoms with Crippen molar-refractivity contribution >= 4 is 0 Å². The van der Waals surface area contributed by atoms with Gasteiger partial charge in [0, 0.05) is 12.6 Å². The van der Waals surface area contributed by atoms with Gasteiger partial charge in [-0.2, -0.15) is 5.26 Å². The topological polar surface area (TPSA) is 47.3 Å². The molecule has 3 atom stereocenters. The predicted molar refractivity (Wildman–Crippen MR) is 60.3 cm³/mol. The van der Waals surface area contributed by atoms with Gasteiger partial charge in [0.05, 0.1) is 18.6 Å². The summed E-state index contributed by atoms with van der Waals surface area (Å²) < 4.78 is 0. The Kier molecular flexibility index (Phi) is 5.07. The first-order valence-corrected chi connectivity index (χ1v) is 5.90. The van der Waals surface area contributed by atoms with Gasteiger partial charge in [-0.1, -0.05) is 12.8 Å². The van der Waals surface area contributed by atoms with Crippen LogP contribution in [0.4, 0.5) is 0 Å². The van der Waals surface area contributed by atoms with Crippen LogP contribution < -0.4 is 0 Å². The summed E-state index contributed by atoms with van der Waals surface area (Å²) in [5, 5.41) is 18.5. The summed E-state index contributed by atoms with van der Waals surface area (Å²) in [5.41, 5.74) is 0. The smallest absolute Gasteiger partial charge is 0.0638 e. The summed E-state index contributed by atoms with van der Waals surface area (Å²) in [6, 6.07) is 2.49. The normalized spacial score (nSPS) is 28.7. The maximum Gasteiger partial charge on any atom is 0.0638 e. The lowest BCUT2D eigenvalue weighted by Gasteiger charge is -2.33. The second kappa shape index (κ2) is 6.09. The Hall–Kier alpha value is -0.590. The Labute approximate surface area is 92.7 Å². The van der Waals surface area contributed by atoms with Crippen LogP contribution in [0.25, 0.3) is 0 Å². The molecule has 0 aliphatic heterocycles. The second-order valence-electron chi connectivity index (χ2n) is 4.76. The molecule has 3 heteroatoms. The minimum absolute atomic E-state index is 0.129. The van der Waals surface area contributed by atoms with Crippen molar-refractivity contribution in [1.82, 2.24) is 4.90 Å². The van der Waals surface area contributed by atoms with Crippen LogP contribution in [0.15, 0.2) is 0 Å². The highest BCUT2D eigenvalue weighted by Crippen LogP contribution is 2.25. The first kappa shape index (κ1) is 12.5. The van der Waals surface area contributed by atoms with Crippen LogP contribution in [-0.2, 0) is 0 Å². The minimum Gasteiger partial charge on any atom is -0.393 e. The van der Waals surface area contributed by atoms with Crippen LogP contribution in [0.5, 0.6) is 0 Å². The van der Waals surface area contributed by atoms with Gasteiger partial charge in [-0.3, -0.25) is 0 Å². The monoisotopic (exact) mass is 210 g/mol. The van der Waals surface area contributed by atoms with Crippen molar-refractivity contribution in [2.45, 2.75) is 51.2 Å². The van der Waals surface area contributed by atoms with Gasteiger partial charge in [0.15, 0.2) is 0 Å². The average molecular weight is 210 g/mol. The summed E-state index contributed by atoms with van der Waals surface area (Å²) in [6.07, 6.45) is 4.92. The molecule has 0 heterocycles. The molecule has 0 bridgehead atoms. The van der Waals surface area contributed by atoms with Crippen LogP contribution in [0.1, 0.15) is 39.0 Å². The Morgan fingerprint density at radius 3 is 2.73 bits per heavy atom. The average Bonchev–Trinajstić information content (AvgIpc) is 2.21. The third-order valence-corrected chi connectivity index (χ3v) is 3.53. The van der Waals surface area contributed by atoms with Crippen molar-refractivity contribution in [3.05, 3.63) is 0 Å². The van der Waals surface area contributed by atoms with Crippen LogP contribution in [-0.4, -0.2) is 35.7 Å². The third-order valence-electron chi connectivity index (χ3n) is 3.53. The molecule has 1 fully saturated rings. The summed E-state index contributed by atoms with van der Waals surface area (Å²) in [6.45, 7) is 2.99. The standard InChI is InChI=1S/C12H22N2O/c1-10(7-8-13)14(2)9-11-5-3-4-6-12(11)15/h10-12,15H,3-7,9H2,1-2H3. The van der Waals surface area contributed by atoms with Crippen molar-refractivity contribution in [1.29, 1.82) is 5.26 Å². The zero-order valence-electron chi connectivity index (χ0n) is 9.82. The summed E-state index contributed by atoms with van der Waals surface area (Å²) in [4.78, 5) is 2.20. The second-order valence-corrected chi connectivity index (χ2v) is 4.76. The molecule has 1 aliphatic carbocycles. The van der Waals surface area contributed by atoms with Crippen molar-refractivity contribution in [2.24, 2.45) is 5.92 Å². The molecule has 1 rings (SSSR count). The van der Waals surface area contributed by atoms with E-state index in [1.807, 2.05) is 7.05 Å². The zero-order valence-corrected chi connectivity index (χ0v) is 9.82. The van der Waals surface area contributed by atoms with E-state index in [1.165, 1.54) is 6.42 Å². The first-order valence-electron chi connectivity index (χ1n) is 5.90. The van der Waals surface area contributed by atoms with Crippen molar-refractivity contribution in [2.75, 3.05) is 13.6 Å². The fraction of sp³-hybridized carbons (Fsp3) is 0.917. The molecular formula is C12H22N2O. The molecule has 1 N–H and O–H groups in total. The molecule has 0 saturated heterocycles. The minimum atomic E-state index is -0.129. The van der Waals surface area contributed by atoms with Gasteiger partial charge in [-0.15, -0.1) is 0 Å². The van der Waals surface area contributed by atoms with Gasteiger partial charge < -0.3 is 10.0 Å². The van der Waals surface area contributed by atoms with Crippen LogP contribution in [0, 0.1) is 17.2 Å². The van der Waals surface area contributed by atoms with Crippen molar-refractivity contribution in [3.8, 4) is 6.07 Å². The van der Waals surface area contributed by atoms with Gasteiger partial charge in [0.25, 0.3) is 0 Å². The van der Waals surface area contributed by atoms with E-state index in [-0.39, 0.29) is 6.10 Å². The van der Waals surface area contributed by atoms with Gasteiger partial charge >= 0.3 is 0 Å². The lowest BCUT2D eigenvalue weighted by Crippen LogP contribution is -2.39. The molecule has 15 heavy (non-hydrogen) atoms. The molecule has 0 aromatic heterocycles. The summed E-state index contributed by atoms with van der Waals surface area (Å²) in [7, 11) is 2.04. The quantitative estimate of drug-likeness (QED) is 0.769. The summed E-state index contributed by atoms with van der Waals surface area (Å²) in [5.74, 6) is 0.407. The number of nitrogens with zero attached hydrogens (tertiary/aromatic N) is 2. The molecule has 0 radical (unpaired) electrons. The molecule has 0 aromatic rings. The predicted octanol–water partition coefficient (Wildman–Crippen LogP) is 1.77. The Morgan fingerprint density at radius 2 is 2.13 bits per heavy atom. The fourth-order valence-electron chi connectivity index (χ4n) is 2.24. The zero-order chi connectivity index (χ0) is 11.3. The maximum atomic E-state index is 9.84. The number of hydrogen-bond acceptors (Lipinski definition) is 3. The largest absolute Gasteiger partial charge is 0.393 e. The van der Waals surface area contributed by atoms with Gasteiger partial charge in [0.1, 0.15) is 0 Å². The SMILES string of the molecule is CC(CC#N)N(C)CC1CCCCC1O. The number of hydrogen-bond donors (Lipinski definition) is 1. The van der Waals surface area contributed by atoms with E-state index in [0.29, 0.717) is 18.4 Å². The highest BCUT2D eigenvalue weighted by atomic mass is 16.3. The molecule has 0 spiro atoms. The van der Waals surface area contributed by atoms with E-state index in [2.05, 4.69) is 17.9 Å². The lowest BCUT2D eigenvalue weighted by molar-refractivity contribution is 0.0451. The molecule has 0 amide bonds. The molecule has 1 aliphatic rings.